The molecule has 3 aromatic rings. The number of nitrogens with zero attached hydrogens (tertiary/aromatic N) is 3. The minimum atomic E-state index is 0.0651. The van der Waals surface area contributed by atoms with Gasteiger partial charge in [-0.15, -0.1) is 0 Å². The minimum Gasteiger partial charge on any atom is -0.446 e. The van der Waals surface area contributed by atoms with Crippen LogP contribution in [0.1, 0.15) is 31.4 Å². The van der Waals surface area contributed by atoms with Gasteiger partial charge in [-0.2, -0.15) is 0 Å². The minimum absolute atomic E-state index is 0.0651. The third kappa shape index (κ3) is 3.34. The number of fused-ring (bicyclic) bond motifs is 1. The number of nitrogens with one attached hydrogen (secondary N) is 1. The number of hydrogen-bond acceptors (Lipinski definition) is 7. The Hall–Kier alpha value is -3.06. The third-order valence-electron chi connectivity index (χ3n) is 4.64. The summed E-state index contributed by atoms with van der Waals surface area (Å²) in [6.45, 7) is 2.08. The van der Waals surface area contributed by atoms with Crippen LogP contribution >= 0.6 is 0 Å². The van der Waals surface area contributed by atoms with Crippen molar-refractivity contribution in [1.82, 2.24) is 9.97 Å². The number of benzene rings is 1. The first-order chi connectivity index (χ1) is 12.6. The normalized spacial score (nSPS) is 15.8. The number of allylic oxidation sites excluding steroid dienone is 1. The van der Waals surface area contributed by atoms with Crippen LogP contribution in [0, 0.1) is 5.92 Å². The summed E-state index contributed by atoms with van der Waals surface area (Å²) in [6, 6.07) is 9.98. The molecular weight excluding hydrogens is 328 g/mol. The van der Waals surface area contributed by atoms with Gasteiger partial charge < -0.3 is 15.5 Å². The molecule has 7 nitrogen and oxygen atoms in total. The van der Waals surface area contributed by atoms with Crippen molar-refractivity contribution >= 4 is 22.6 Å². The number of aromatic nitrogens is 2. The number of rotatable bonds is 6. The lowest BCUT2D eigenvalue weighted by molar-refractivity contribution is 0.602. The molecule has 5 N–H and O–H groups in total. The summed E-state index contributed by atoms with van der Waals surface area (Å²) in [6.07, 6.45) is 7.23. The van der Waals surface area contributed by atoms with Crippen LogP contribution in [0.2, 0.25) is 0 Å². The van der Waals surface area contributed by atoms with E-state index < -0.39 is 0 Å². The largest absolute Gasteiger partial charge is 0.446 e. The molecule has 1 atom stereocenters. The van der Waals surface area contributed by atoms with Gasteiger partial charge in [-0.3, -0.25) is 5.01 Å². The molecule has 1 aromatic carbocycles. The highest BCUT2D eigenvalue weighted by Gasteiger charge is 2.24. The zero-order chi connectivity index (χ0) is 18.1. The Morgan fingerprint density at radius 3 is 2.77 bits per heavy atom. The van der Waals surface area contributed by atoms with Crippen molar-refractivity contribution in [3.8, 4) is 0 Å². The summed E-state index contributed by atoms with van der Waals surface area (Å²) in [4.78, 5) is 8.41. The Labute approximate surface area is 151 Å². The van der Waals surface area contributed by atoms with E-state index >= 15 is 0 Å². The van der Waals surface area contributed by atoms with E-state index in [1.165, 1.54) is 6.33 Å². The molecule has 26 heavy (non-hydrogen) atoms. The van der Waals surface area contributed by atoms with E-state index in [9.17, 15) is 0 Å². The van der Waals surface area contributed by atoms with Crippen LogP contribution < -0.4 is 21.9 Å². The van der Waals surface area contributed by atoms with Crippen LogP contribution in [-0.2, 0) is 0 Å². The molecule has 1 unspecified atom stereocenters. The number of furan rings is 1. The van der Waals surface area contributed by atoms with Gasteiger partial charge in [0.2, 0.25) is 5.71 Å². The number of anilines is 2. The molecule has 1 aliphatic rings. The molecule has 1 saturated carbocycles. The average Bonchev–Trinajstić information content (AvgIpc) is 3.39. The van der Waals surface area contributed by atoms with Crippen LogP contribution in [-0.4, -0.2) is 9.97 Å². The summed E-state index contributed by atoms with van der Waals surface area (Å²) in [5.41, 5.74) is 9.46. The second-order valence-corrected chi connectivity index (χ2v) is 6.63. The molecule has 0 bridgehead atoms. The van der Waals surface area contributed by atoms with E-state index in [2.05, 4.69) is 22.2 Å². The third-order valence-corrected chi connectivity index (χ3v) is 4.64. The van der Waals surface area contributed by atoms with Gasteiger partial charge in [0.1, 0.15) is 12.1 Å². The molecular formula is C19H22N6O. The van der Waals surface area contributed by atoms with Crippen molar-refractivity contribution in [1.29, 1.82) is 0 Å². The summed E-state index contributed by atoms with van der Waals surface area (Å²) >= 11 is 0. The van der Waals surface area contributed by atoms with Crippen LogP contribution in [0.4, 0.5) is 11.5 Å². The first-order valence-electron chi connectivity index (χ1n) is 8.67. The van der Waals surface area contributed by atoms with E-state index in [-0.39, 0.29) is 6.04 Å². The van der Waals surface area contributed by atoms with Crippen LogP contribution in [0.5, 0.6) is 0 Å². The van der Waals surface area contributed by atoms with Gasteiger partial charge in [0.25, 0.3) is 0 Å². The maximum absolute atomic E-state index is 6.10. The van der Waals surface area contributed by atoms with Crippen molar-refractivity contribution in [2.24, 2.45) is 17.5 Å². The van der Waals surface area contributed by atoms with Crippen LogP contribution in [0.3, 0.4) is 0 Å². The van der Waals surface area contributed by atoms with E-state index in [0.717, 1.165) is 41.0 Å². The first kappa shape index (κ1) is 16.4. The van der Waals surface area contributed by atoms with Crippen LogP contribution in [0.25, 0.3) is 11.1 Å². The molecule has 7 heteroatoms. The summed E-state index contributed by atoms with van der Waals surface area (Å²) in [5.74, 6) is 7.34. The van der Waals surface area contributed by atoms with Crippen LogP contribution in [0.15, 0.2) is 59.2 Å². The van der Waals surface area contributed by atoms with E-state index in [4.69, 9.17) is 16.0 Å². The van der Waals surface area contributed by atoms with E-state index in [1.807, 2.05) is 36.5 Å². The molecule has 2 heterocycles. The summed E-state index contributed by atoms with van der Waals surface area (Å²) in [7, 11) is 0. The van der Waals surface area contributed by atoms with Gasteiger partial charge in [0.05, 0.1) is 17.3 Å². The monoisotopic (exact) mass is 350 g/mol. The topological polar surface area (TPSA) is 106 Å². The highest BCUT2D eigenvalue weighted by atomic mass is 16.3. The number of hydrogen-bond donors (Lipinski definition) is 3. The quantitative estimate of drug-likeness (QED) is 0.462. The lowest BCUT2D eigenvalue weighted by Gasteiger charge is -2.18. The highest BCUT2D eigenvalue weighted by molar-refractivity contribution is 5.85. The molecule has 0 aliphatic heterocycles. The average molecular weight is 350 g/mol. The predicted molar refractivity (Wildman–Crippen MR) is 102 cm³/mol. The van der Waals surface area contributed by atoms with Crippen molar-refractivity contribution in [3.05, 3.63) is 60.4 Å². The van der Waals surface area contributed by atoms with Gasteiger partial charge in [0, 0.05) is 23.9 Å². The Morgan fingerprint density at radius 2 is 2.04 bits per heavy atom. The van der Waals surface area contributed by atoms with Crippen molar-refractivity contribution < 1.29 is 4.42 Å². The maximum Gasteiger partial charge on any atom is 0.231 e. The zero-order valence-corrected chi connectivity index (χ0v) is 14.6. The Balaban J connectivity index is 1.47. The Bertz CT molecular complexity index is 929. The van der Waals surface area contributed by atoms with Gasteiger partial charge in [-0.25, -0.2) is 15.8 Å². The lowest BCUT2D eigenvalue weighted by Crippen LogP contribution is -2.26. The highest BCUT2D eigenvalue weighted by Crippen LogP contribution is 2.34. The predicted octanol–water partition coefficient (Wildman–Crippen LogP) is 3.29. The molecule has 2 aromatic heterocycles. The molecule has 0 saturated heterocycles. The molecule has 0 spiro atoms. The second kappa shape index (κ2) is 6.68. The fourth-order valence-electron chi connectivity index (χ4n) is 2.89. The zero-order valence-electron chi connectivity index (χ0n) is 14.6. The summed E-state index contributed by atoms with van der Waals surface area (Å²) in [5, 5.41) is 5.85. The summed E-state index contributed by atoms with van der Waals surface area (Å²) < 4.78 is 5.31. The lowest BCUT2D eigenvalue weighted by atomic mass is 10.1. The fourth-order valence-corrected chi connectivity index (χ4v) is 2.89. The smallest absolute Gasteiger partial charge is 0.231 e. The van der Waals surface area contributed by atoms with E-state index in [0.29, 0.717) is 11.6 Å². The molecule has 1 fully saturated rings. The molecule has 0 radical (unpaired) electrons. The van der Waals surface area contributed by atoms with Gasteiger partial charge in [-0.1, -0.05) is 12.1 Å². The van der Waals surface area contributed by atoms with E-state index in [1.54, 1.807) is 11.3 Å². The maximum atomic E-state index is 6.10. The molecule has 134 valence electrons. The molecule has 1 aliphatic carbocycles. The first-order valence-corrected chi connectivity index (χ1v) is 8.67. The fraction of sp³-hybridized carbons (Fsp3) is 0.263. The van der Waals surface area contributed by atoms with Gasteiger partial charge in [-0.05, 0) is 43.5 Å². The molecule has 4 rings (SSSR count). The standard InChI is InChI=1S/C19H22N6O/c1-12(24-18-16-8-9-26-19(16)23-11-22-18)13-4-6-15(7-5-13)25(21)10-17(20)14-2-3-14/h4-12,14H,2-3,20-21H2,1H3,(H,22,23,24)/b17-10-. The molecule has 0 amide bonds. The second-order valence-electron chi connectivity index (χ2n) is 6.63. The Morgan fingerprint density at radius 1 is 1.27 bits per heavy atom. The van der Waals surface area contributed by atoms with Gasteiger partial charge >= 0.3 is 0 Å². The van der Waals surface area contributed by atoms with Crippen molar-refractivity contribution in [2.45, 2.75) is 25.8 Å². The van der Waals surface area contributed by atoms with Gasteiger partial charge in [0.15, 0.2) is 0 Å². The van der Waals surface area contributed by atoms with Crippen molar-refractivity contribution in [3.63, 3.8) is 0 Å². The number of nitrogens with two attached hydrogens (primary N) is 2. The van der Waals surface area contributed by atoms with Crippen molar-refractivity contribution in [2.75, 3.05) is 10.3 Å². The Kier molecular flexibility index (Phi) is 4.22. The number of hydrazine groups is 1. The SMILES string of the molecule is CC(Nc1ncnc2occc12)c1ccc(N(N)/C=C(\N)C2CC2)cc1.